The Morgan fingerprint density at radius 2 is 2.12 bits per heavy atom. The fourth-order valence-corrected chi connectivity index (χ4v) is 2.88. The van der Waals surface area contributed by atoms with Gasteiger partial charge in [0, 0.05) is 37.8 Å². The lowest BCUT2D eigenvalue weighted by molar-refractivity contribution is -0.122. The van der Waals surface area contributed by atoms with E-state index in [0.717, 1.165) is 36.7 Å². The molecule has 6 nitrogen and oxygen atoms in total. The van der Waals surface area contributed by atoms with Crippen LogP contribution >= 0.6 is 0 Å². The predicted molar refractivity (Wildman–Crippen MR) is 90.2 cm³/mol. The largest absolute Gasteiger partial charge is 0.497 e. The van der Waals surface area contributed by atoms with E-state index in [0.29, 0.717) is 19.4 Å². The zero-order valence-corrected chi connectivity index (χ0v) is 13.9. The first-order chi connectivity index (χ1) is 11.7. The summed E-state index contributed by atoms with van der Waals surface area (Å²) in [5.41, 5.74) is 0. The fraction of sp³-hybridized carbons (Fsp3) is 0.444. The quantitative estimate of drug-likeness (QED) is 0.791. The second-order valence-corrected chi connectivity index (χ2v) is 5.93. The highest BCUT2D eigenvalue weighted by molar-refractivity contribution is 5.76. The molecule has 0 saturated carbocycles. The number of nitrogens with zero attached hydrogens (tertiary/aromatic N) is 2. The van der Waals surface area contributed by atoms with Crippen LogP contribution in [0, 0.1) is 0 Å². The molecule has 24 heavy (non-hydrogen) atoms. The summed E-state index contributed by atoms with van der Waals surface area (Å²) in [5, 5.41) is 3.10. The monoisotopic (exact) mass is 329 g/mol. The van der Waals surface area contributed by atoms with E-state index in [-0.39, 0.29) is 11.9 Å². The number of rotatable bonds is 7. The van der Waals surface area contributed by atoms with Gasteiger partial charge in [-0.2, -0.15) is 0 Å². The molecule has 128 valence electrons. The SMILES string of the molecule is COc1ccc(OCCCC(=O)N[C@@H]2CCc3nccn3C2)cc1. The van der Waals surface area contributed by atoms with Crippen LogP contribution in [0.4, 0.5) is 0 Å². The van der Waals surface area contributed by atoms with Crippen LogP contribution in [-0.4, -0.2) is 35.2 Å². The van der Waals surface area contributed by atoms with E-state index in [1.165, 1.54) is 0 Å². The molecular weight excluding hydrogens is 306 g/mol. The lowest BCUT2D eigenvalue weighted by Crippen LogP contribution is -2.40. The van der Waals surface area contributed by atoms with Crippen LogP contribution in [0.2, 0.25) is 0 Å². The number of hydrogen-bond acceptors (Lipinski definition) is 4. The van der Waals surface area contributed by atoms with Crippen LogP contribution in [0.15, 0.2) is 36.7 Å². The standard InChI is InChI=1S/C18H23N3O3/c1-23-15-5-7-16(8-6-15)24-12-2-3-18(22)20-14-4-9-17-19-10-11-21(17)13-14/h5-8,10-11,14H,2-4,9,12-13H2,1H3,(H,20,22)/t14-/m1/s1. The molecule has 1 N–H and O–H groups in total. The van der Waals surface area contributed by atoms with E-state index >= 15 is 0 Å². The number of aromatic nitrogens is 2. The van der Waals surface area contributed by atoms with E-state index in [1.807, 2.05) is 36.7 Å². The smallest absolute Gasteiger partial charge is 0.220 e. The maximum Gasteiger partial charge on any atom is 0.220 e. The van der Waals surface area contributed by atoms with Crippen molar-refractivity contribution in [3.63, 3.8) is 0 Å². The number of carbonyl (C=O) groups is 1. The molecule has 2 heterocycles. The number of imidazole rings is 1. The molecule has 1 aliphatic rings. The molecule has 3 rings (SSSR count). The van der Waals surface area contributed by atoms with Gasteiger partial charge in [-0.3, -0.25) is 4.79 Å². The van der Waals surface area contributed by atoms with Crippen molar-refractivity contribution >= 4 is 5.91 Å². The molecule has 0 unspecified atom stereocenters. The molecule has 6 heteroatoms. The van der Waals surface area contributed by atoms with Crippen LogP contribution in [0.3, 0.4) is 0 Å². The number of ether oxygens (including phenoxy) is 2. The highest BCUT2D eigenvalue weighted by Gasteiger charge is 2.19. The van der Waals surface area contributed by atoms with Gasteiger partial charge in [0.25, 0.3) is 0 Å². The third-order valence-electron chi connectivity index (χ3n) is 4.18. The maximum atomic E-state index is 12.0. The highest BCUT2D eigenvalue weighted by atomic mass is 16.5. The van der Waals surface area contributed by atoms with Crippen molar-refractivity contribution in [2.45, 2.75) is 38.3 Å². The van der Waals surface area contributed by atoms with Gasteiger partial charge in [-0.1, -0.05) is 0 Å². The zero-order valence-electron chi connectivity index (χ0n) is 13.9. The molecular formula is C18H23N3O3. The molecule has 0 radical (unpaired) electrons. The van der Waals surface area contributed by atoms with E-state index in [9.17, 15) is 4.79 Å². The summed E-state index contributed by atoms with van der Waals surface area (Å²) in [6, 6.07) is 7.64. The minimum atomic E-state index is 0.0851. The second-order valence-electron chi connectivity index (χ2n) is 5.93. The van der Waals surface area contributed by atoms with Crippen LogP contribution in [0.5, 0.6) is 11.5 Å². The molecule has 1 amide bonds. The van der Waals surface area contributed by atoms with Gasteiger partial charge in [-0.25, -0.2) is 4.98 Å². The van der Waals surface area contributed by atoms with E-state index in [1.54, 1.807) is 7.11 Å². The molecule has 0 saturated heterocycles. The summed E-state index contributed by atoms with van der Waals surface area (Å²) in [6.45, 7) is 1.33. The van der Waals surface area contributed by atoms with Crippen LogP contribution in [-0.2, 0) is 17.8 Å². The summed E-state index contributed by atoms with van der Waals surface area (Å²) in [7, 11) is 1.63. The van der Waals surface area contributed by atoms with Gasteiger partial charge >= 0.3 is 0 Å². The zero-order chi connectivity index (χ0) is 16.8. The minimum absolute atomic E-state index is 0.0851. The van der Waals surface area contributed by atoms with Gasteiger partial charge < -0.3 is 19.4 Å². The van der Waals surface area contributed by atoms with Crippen molar-refractivity contribution in [3.8, 4) is 11.5 Å². The summed E-state index contributed by atoms with van der Waals surface area (Å²) >= 11 is 0. The van der Waals surface area contributed by atoms with Crippen LogP contribution < -0.4 is 14.8 Å². The molecule has 1 atom stereocenters. The van der Waals surface area contributed by atoms with Gasteiger partial charge in [0.05, 0.1) is 13.7 Å². The molecule has 1 aromatic heterocycles. The van der Waals surface area contributed by atoms with Crippen molar-refractivity contribution < 1.29 is 14.3 Å². The fourth-order valence-electron chi connectivity index (χ4n) is 2.88. The summed E-state index contributed by atoms with van der Waals surface area (Å²) < 4.78 is 12.8. The average Bonchev–Trinajstić information content (AvgIpc) is 3.07. The lowest BCUT2D eigenvalue weighted by Gasteiger charge is -2.24. The van der Waals surface area contributed by atoms with E-state index < -0.39 is 0 Å². The Hall–Kier alpha value is -2.50. The van der Waals surface area contributed by atoms with Crippen molar-refractivity contribution in [2.75, 3.05) is 13.7 Å². The van der Waals surface area contributed by atoms with Gasteiger partial charge in [0.2, 0.25) is 5.91 Å². The molecule has 0 spiro atoms. The lowest BCUT2D eigenvalue weighted by atomic mass is 10.1. The third kappa shape index (κ3) is 4.28. The first-order valence-electron chi connectivity index (χ1n) is 8.31. The molecule has 2 aromatic rings. The number of nitrogens with one attached hydrogen (secondary N) is 1. The van der Waals surface area contributed by atoms with Crippen molar-refractivity contribution in [3.05, 3.63) is 42.5 Å². The highest BCUT2D eigenvalue weighted by Crippen LogP contribution is 2.17. The normalized spacial score (nSPS) is 16.3. The minimum Gasteiger partial charge on any atom is -0.497 e. The van der Waals surface area contributed by atoms with Crippen LogP contribution in [0.25, 0.3) is 0 Å². The number of amides is 1. The number of methoxy groups -OCH3 is 1. The molecule has 0 bridgehead atoms. The Morgan fingerprint density at radius 1 is 1.33 bits per heavy atom. The molecule has 1 aliphatic heterocycles. The Labute approximate surface area is 141 Å². The third-order valence-corrected chi connectivity index (χ3v) is 4.18. The number of hydrogen-bond donors (Lipinski definition) is 1. The first kappa shape index (κ1) is 16.4. The Morgan fingerprint density at radius 3 is 2.92 bits per heavy atom. The first-order valence-corrected chi connectivity index (χ1v) is 8.31. The topological polar surface area (TPSA) is 65.4 Å². The van der Waals surface area contributed by atoms with Crippen molar-refractivity contribution in [1.29, 1.82) is 0 Å². The van der Waals surface area contributed by atoms with E-state index in [2.05, 4.69) is 14.9 Å². The van der Waals surface area contributed by atoms with Gasteiger partial charge in [0.1, 0.15) is 17.3 Å². The van der Waals surface area contributed by atoms with Gasteiger partial charge in [-0.05, 0) is 37.1 Å². The number of benzene rings is 1. The summed E-state index contributed by atoms with van der Waals surface area (Å²) in [5.74, 6) is 2.78. The predicted octanol–water partition coefficient (Wildman–Crippen LogP) is 2.18. The van der Waals surface area contributed by atoms with Crippen LogP contribution in [0.1, 0.15) is 25.1 Å². The van der Waals surface area contributed by atoms with Crippen molar-refractivity contribution in [2.24, 2.45) is 0 Å². The van der Waals surface area contributed by atoms with Crippen molar-refractivity contribution in [1.82, 2.24) is 14.9 Å². The van der Waals surface area contributed by atoms with E-state index in [4.69, 9.17) is 9.47 Å². The van der Waals surface area contributed by atoms with Gasteiger partial charge in [0.15, 0.2) is 0 Å². The molecule has 1 aromatic carbocycles. The second kappa shape index (κ2) is 7.86. The maximum absolute atomic E-state index is 12.0. The average molecular weight is 329 g/mol. The Kier molecular flexibility index (Phi) is 5.36. The number of aryl methyl sites for hydroxylation is 1. The number of carbonyl (C=O) groups excluding carboxylic acids is 1. The Bertz CT molecular complexity index is 666. The van der Waals surface area contributed by atoms with Gasteiger partial charge in [-0.15, -0.1) is 0 Å². The molecule has 0 aliphatic carbocycles. The number of fused-ring (bicyclic) bond motifs is 1. The summed E-state index contributed by atoms with van der Waals surface area (Å²) in [4.78, 5) is 16.3. The summed E-state index contributed by atoms with van der Waals surface area (Å²) in [6.07, 6.45) is 6.82. The molecule has 0 fully saturated rings. The Balaban J connectivity index is 1.34.